The third-order valence-corrected chi connectivity index (χ3v) is 3.92. The van der Waals surface area contributed by atoms with Gasteiger partial charge in [0.2, 0.25) is 0 Å². The smallest absolute Gasteiger partial charge is 0.183 e. The molecule has 2 aromatic rings. The molecule has 0 fully saturated rings. The number of aliphatic hydroxyl groups is 1. The molecule has 0 amide bonds. The number of pyridine rings is 1. The van der Waals surface area contributed by atoms with Crippen LogP contribution < -0.4 is 9.47 Å². The molecule has 0 aliphatic rings. The number of halogens is 1. The SMILES string of the molecule is CCOc1cc(C(OC)OC)c(C(O)c2ccnc(Cl)c2)cc1OC. The molecule has 0 spiro atoms. The normalized spacial score (nSPS) is 12.3. The van der Waals surface area contributed by atoms with Gasteiger partial charge in [-0.15, -0.1) is 0 Å². The van der Waals surface area contributed by atoms with Crippen LogP contribution in [-0.4, -0.2) is 38.0 Å². The molecule has 0 radical (unpaired) electrons. The zero-order chi connectivity index (χ0) is 18.4. The van der Waals surface area contributed by atoms with E-state index >= 15 is 0 Å². The minimum Gasteiger partial charge on any atom is -0.493 e. The Morgan fingerprint density at radius 3 is 2.32 bits per heavy atom. The van der Waals surface area contributed by atoms with Gasteiger partial charge in [0.15, 0.2) is 17.8 Å². The average Bonchev–Trinajstić information content (AvgIpc) is 2.62. The fourth-order valence-electron chi connectivity index (χ4n) is 2.58. The zero-order valence-corrected chi connectivity index (χ0v) is 15.4. The number of benzene rings is 1. The maximum atomic E-state index is 10.9. The Labute approximate surface area is 152 Å². The van der Waals surface area contributed by atoms with Gasteiger partial charge in [-0.05, 0) is 42.3 Å². The summed E-state index contributed by atoms with van der Waals surface area (Å²) in [5.74, 6) is 1.05. The Balaban J connectivity index is 2.60. The molecule has 0 bridgehead atoms. The molecule has 25 heavy (non-hydrogen) atoms. The Morgan fingerprint density at radius 2 is 1.76 bits per heavy atom. The third-order valence-electron chi connectivity index (χ3n) is 3.71. The molecular formula is C18H22ClNO5. The predicted molar refractivity (Wildman–Crippen MR) is 94.2 cm³/mol. The summed E-state index contributed by atoms with van der Waals surface area (Å²) in [7, 11) is 4.59. The number of hydrogen-bond donors (Lipinski definition) is 1. The Bertz CT molecular complexity index is 706. The van der Waals surface area contributed by atoms with Crippen LogP contribution in [0.4, 0.5) is 0 Å². The van der Waals surface area contributed by atoms with Gasteiger partial charge in [0.25, 0.3) is 0 Å². The van der Waals surface area contributed by atoms with Crippen molar-refractivity contribution >= 4 is 11.6 Å². The van der Waals surface area contributed by atoms with E-state index in [-0.39, 0.29) is 0 Å². The second-order valence-electron chi connectivity index (χ2n) is 5.18. The second-order valence-corrected chi connectivity index (χ2v) is 5.57. The molecule has 1 unspecified atom stereocenters. The quantitative estimate of drug-likeness (QED) is 0.568. The number of nitrogens with zero attached hydrogens (tertiary/aromatic N) is 1. The maximum absolute atomic E-state index is 10.9. The second kappa shape index (κ2) is 9.01. The Morgan fingerprint density at radius 1 is 1.08 bits per heavy atom. The highest BCUT2D eigenvalue weighted by atomic mass is 35.5. The standard InChI is InChI=1S/C18H22ClNO5/c1-5-25-15-10-13(18(23-3)24-4)12(9-14(15)22-2)17(21)11-6-7-20-16(19)8-11/h6-10,17-18,21H,5H2,1-4H3. The van der Waals surface area contributed by atoms with Gasteiger partial charge in [0, 0.05) is 26.0 Å². The van der Waals surface area contributed by atoms with E-state index in [2.05, 4.69) is 4.98 Å². The molecule has 0 saturated heterocycles. The van der Waals surface area contributed by atoms with E-state index in [9.17, 15) is 5.11 Å². The summed E-state index contributed by atoms with van der Waals surface area (Å²) in [6.07, 6.45) is -0.101. The van der Waals surface area contributed by atoms with Gasteiger partial charge in [-0.2, -0.15) is 0 Å². The highest BCUT2D eigenvalue weighted by Crippen LogP contribution is 2.39. The summed E-state index contributed by atoms with van der Waals surface area (Å²) in [6, 6.07) is 6.76. The minimum atomic E-state index is -0.965. The molecule has 0 aliphatic carbocycles. The molecule has 7 heteroatoms. The summed E-state index contributed by atoms with van der Waals surface area (Å²) < 4.78 is 21.8. The fourth-order valence-corrected chi connectivity index (χ4v) is 2.76. The highest BCUT2D eigenvalue weighted by Gasteiger charge is 2.24. The minimum absolute atomic E-state index is 0.297. The molecule has 6 nitrogen and oxygen atoms in total. The van der Waals surface area contributed by atoms with E-state index in [1.165, 1.54) is 20.4 Å². The van der Waals surface area contributed by atoms with Crippen molar-refractivity contribution in [2.45, 2.75) is 19.3 Å². The molecule has 2 rings (SSSR count). The largest absolute Gasteiger partial charge is 0.493 e. The van der Waals surface area contributed by atoms with E-state index in [4.69, 9.17) is 30.5 Å². The molecule has 1 heterocycles. The molecule has 136 valence electrons. The molecular weight excluding hydrogens is 346 g/mol. The van der Waals surface area contributed by atoms with Gasteiger partial charge < -0.3 is 24.1 Å². The van der Waals surface area contributed by atoms with Crippen LogP contribution in [0.15, 0.2) is 30.5 Å². The number of rotatable bonds is 8. The van der Waals surface area contributed by atoms with Crippen molar-refractivity contribution in [1.29, 1.82) is 0 Å². The lowest BCUT2D eigenvalue weighted by Gasteiger charge is -2.23. The lowest BCUT2D eigenvalue weighted by molar-refractivity contribution is -0.107. The fraction of sp³-hybridized carbons (Fsp3) is 0.389. The van der Waals surface area contributed by atoms with Crippen LogP contribution in [0, 0.1) is 0 Å². The first-order valence-corrected chi connectivity index (χ1v) is 8.13. The van der Waals surface area contributed by atoms with Crippen LogP contribution >= 0.6 is 11.6 Å². The van der Waals surface area contributed by atoms with Crippen LogP contribution in [-0.2, 0) is 9.47 Å². The Hall–Kier alpha value is -1.86. The van der Waals surface area contributed by atoms with Crippen molar-refractivity contribution in [1.82, 2.24) is 4.98 Å². The number of methoxy groups -OCH3 is 3. The number of aliphatic hydroxyl groups excluding tert-OH is 1. The van der Waals surface area contributed by atoms with E-state index in [1.54, 1.807) is 31.4 Å². The van der Waals surface area contributed by atoms with Crippen LogP contribution in [0.3, 0.4) is 0 Å². The van der Waals surface area contributed by atoms with Gasteiger partial charge >= 0.3 is 0 Å². The van der Waals surface area contributed by atoms with Crippen molar-refractivity contribution in [3.63, 3.8) is 0 Å². The van der Waals surface area contributed by atoms with Gasteiger partial charge in [0.1, 0.15) is 11.3 Å². The zero-order valence-electron chi connectivity index (χ0n) is 14.7. The van der Waals surface area contributed by atoms with Crippen molar-refractivity contribution in [2.75, 3.05) is 27.9 Å². The van der Waals surface area contributed by atoms with Crippen LogP contribution in [0.25, 0.3) is 0 Å². The number of hydrogen-bond acceptors (Lipinski definition) is 6. The molecule has 1 aromatic carbocycles. The summed E-state index contributed by atoms with van der Waals surface area (Å²) >= 11 is 5.94. The van der Waals surface area contributed by atoms with E-state index < -0.39 is 12.4 Å². The van der Waals surface area contributed by atoms with Crippen LogP contribution in [0.2, 0.25) is 5.15 Å². The predicted octanol–water partition coefficient (Wildman–Crippen LogP) is 3.52. The van der Waals surface area contributed by atoms with E-state index in [0.717, 1.165) is 0 Å². The van der Waals surface area contributed by atoms with Crippen molar-refractivity contribution in [3.05, 3.63) is 52.3 Å². The maximum Gasteiger partial charge on any atom is 0.183 e. The van der Waals surface area contributed by atoms with E-state index in [1.807, 2.05) is 6.92 Å². The molecule has 1 atom stereocenters. The first-order chi connectivity index (χ1) is 12.0. The summed E-state index contributed by atoms with van der Waals surface area (Å²) in [5.41, 5.74) is 1.80. The van der Waals surface area contributed by atoms with Crippen LogP contribution in [0.5, 0.6) is 11.5 Å². The van der Waals surface area contributed by atoms with Gasteiger partial charge in [-0.3, -0.25) is 0 Å². The van der Waals surface area contributed by atoms with Crippen molar-refractivity contribution in [2.24, 2.45) is 0 Å². The van der Waals surface area contributed by atoms with Crippen LogP contribution in [0.1, 0.15) is 36.0 Å². The lowest BCUT2D eigenvalue weighted by Crippen LogP contribution is -2.12. The Kier molecular flexibility index (Phi) is 7.01. The number of ether oxygens (including phenoxy) is 4. The third kappa shape index (κ3) is 4.41. The summed E-state index contributed by atoms with van der Waals surface area (Å²) in [5, 5.41) is 11.2. The van der Waals surface area contributed by atoms with Gasteiger partial charge in [0.05, 0.1) is 13.7 Å². The first-order valence-electron chi connectivity index (χ1n) is 7.75. The topological polar surface area (TPSA) is 70.0 Å². The first kappa shape index (κ1) is 19.5. The lowest BCUT2D eigenvalue weighted by atomic mass is 9.96. The van der Waals surface area contributed by atoms with E-state index in [0.29, 0.717) is 39.9 Å². The molecule has 0 saturated carbocycles. The van der Waals surface area contributed by atoms with Crippen molar-refractivity contribution < 1.29 is 24.1 Å². The summed E-state index contributed by atoms with van der Waals surface area (Å²) in [6.45, 7) is 2.35. The summed E-state index contributed by atoms with van der Waals surface area (Å²) in [4.78, 5) is 3.94. The molecule has 1 aromatic heterocycles. The van der Waals surface area contributed by atoms with Gasteiger partial charge in [-0.1, -0.05) is 11.6 Å². The van der Waals surface area contributed by atoms with Gasteiger partial charge in [-0.25, -0.2) is 4.98 Å². The molecule has 0 aliphatic heterocycles. The number of aromatic nitrogens is 1. The van der Waals surface area contributed by atoms with Crippen molar-refractivity contribution in [3.8, 4) is 11.5 Å². The average molecular weight is 368 g/mol. The molecule has 1 N–H and O–H groups in total. The monoisotopic (exact) mass is 367 g/mol. The highest BCUT2D eigenvalue weighted by molar-refractivity contribution is 6.29.